The van der Waals surface area contributed by atoms with Crippen LogP contribution in [0.4, 0.5) is 0 Å². The molecule has 1 aliphatic rings. The lowest BCUT2D eigenvalue weighted by molar-refractivity contribution is 0.412. The Hall–Kier alpha value is -0.660. The monoisotopic (exact) mass is 433 g/mol. The van der Waals surface area contributed by atoms with Crippen molar-refractivity contribution in [3.63, 3.8) is 0 Å². The maximum absolute atomic E-state index is 9.91. The predicted octanol–water partition coefficient (Wildman–Crippen LogP) is 4.05. The van der Waals surface area contributed by atoms with Crippen LogP contribution in [0.1, 0.15) is 37.7 Å². The Kier molecular flexibility index (Phi) is 6.44. The van der Waals surface area contributed by atoms with Crippen LogP contribution in [0, 0.1) is 0 Å². The molecule has 0 aromatic heterocycles. The largest absolute Gasteiger partial charge is 0.506 e. The Labute approximate surface area is 146 Å². The number of rotatable bonds is 3. The van der Waals surface area contributed by atoms with E-state index in [1.54, 1.807) is 18.3 Å². The third-order valence-corrected chi connectivity index (χ3v) is 4.64. The molecule has 1 aliphatic carbocycles. The van der Waals surface area contributed by atoms with E-state index in [2.05, 4.69) is 47.7 Å². The molecule has 1 aromatic carbocycles. The molecule has 1 fully saturated rings. The summed E-state index contributed by atoms with van der Waals surface area (Å²) in [5.41, 5.74) is 3.39. The fourth-order valence-electron chi connectivity index (χ4n) is 2.31. The minimum absolute atomic E-state index is 0.148. The average molecular weight is 435 g/mol. The van der Waals surface area contributed by atoms with Crippen molar-refractivity contribution in [3.05, 3.63) is 26.6 Å². The highest BCUT2D eigenvalue weighted by atomic mass is 79.9. The number of hydrazone groups is 1. The minimum atomic E-state index is 0.148. The summed E-state index contributed by atoms with van der Waals surface area (Å²) in [6, 6.07) is 4.00. The zero-order valence-electron chi connectivity index (χ0n) is 11.4. The lowest BCUT2D eigenvalue weighted by Gasteiger charge is -2.23. The van der Waals surface area contributed by atoms with Gasteiger partial charge in [-0.05, 0) is 53.1 Å². The topological polar surface area (TPSA) is 56.7 Å². The van der Waals surface area contributed by atoms with Crippen LogP contribution in [0.2, 0.25) is 0 Å². The molecule has 114 valence electrons. The van der Waals surface area contributed by atoms with Crippen molar-refractivity contribution in [2.24, 2.45) is 5.10 Å². The van der Waals surface area contributed by atoms with Crippen molar-refractivity contribution in [3.8, 4) is 5.75 Å². The van der Waals surface area contributed by atoms with E-state index in [0.717, 1.165) is 17.3 Å². The second kappa shape index (κ2) is 8.10. The standard InChI is InChI=1S/C14H17Br2N3OS/c15-10-6-9(13(20)12(16)7-10)8-17-19-14(21)18-11-4-2-1-3-5-11/h6-8,11,20H,1-5H2,(H2,18,19,21)/b17-8+. The molecule has 1 saturated carbocycles. The van der Waals surface area contributed by atoms with E-state index in [1.165, 1.54) is 19.3 Å². The average Bonchev–Trinajstić information content (AvgIpc) is 2.45. The van der Waals surface area contributed by atoms with Gasteiger partial charge >= 0.3 is 0 Å². The van der Waals surface area contributed by atoms with Gasteiger partial charge in [-0.25, -0.2) is 0 Å². The third-order valence-electron chi connectivity index (χ3n) is 3.37. The normalized spacial score (nSPS) is 16.1. The summed E-state index contributed by atoms with van der Waals surface area (Å²) in [4.78, 5) is 0. The summed E-state index contributed by atoms with van der Waals surface area (Å²) in [6.07, 6.45) is 7.68. The van der Waals surface area contributed by atoms with E-state index >= 15 is 0 Å². The Bertz CT molecular complexity index is 545. The number of hydrogen-bond acceptors (Lipinski definition) is 3. The van der Waals surface area contributed by atoms with E-state index < -0.39 is 0 Å². The number of phenols is 1. The van der Waals surface area contributed by atoms with Gasteiger partial charge in [-0.15, -0.1) is 0 Å². The van der Waals surface area contributed by atoms with Gasteiger partial charge in [0.2, 0.25) is 0 Å². The molecular weight excluding hydrogens is 418 g/mol. The van der Waals surface area contributed by atoms with E-state index in [4.69, 9.17) is 12.2 Å². The van der Waals surface area contributed by atoms with Gasteiger partial charge in [-0.1, -0.05) is 35.2 Å². The van der Waals surface area contributed by atoms with E-state index in [0.29, 0.717) is 21.2 Å². The van der Waals surface area contributed by atoms with Gasteiger partial charge in [0.05, 0.1) is 10.7 Å². The Morgan fingerprint density at radius 2 is 2.00 bits per heavy atom. The SMILES string of the molecule is Oc1c(Br)cc(Br)cc1/C=N/NC(=S)NC1CCCCC1. The Morgan fingerprint density at radius 3 is 2.71 bits per heavy atom. The number of thiocarbonyl (C=S) groups is 1. The maximum Gasteiger partial charge on any atom is 0.187 e. The first-order valence-electron chi connectivity index (χ1n) is 6.84. The van der Waals surface area contributed by atoms with Gasteiger partial charge in [0.25, 0.3) is 0 Å². The Morgan fingerprint density at radius 1 is 1.29 bits per heavy atom. The van der Waals surface area contributed by atoms with Gasteiger partial charge in [0.1, 0.15) is 5.75 Å². The quantitative estimate of drug-likeness (QED) is 0.381. The van der Waals surface area contributed by atoms with Crippen LogP contribution < -0.4 is 10.7 Å². The number of nitrogens with zero attached hydrogens (tertiary/aromatic N) is 1. The van der Waals surface area contributed by atoms with Gasteiger partial charge in [0, 0.05) is 16.1 Å². The second-order valence-corrected chi connectivity index (χ2v) is 7.18. The van der Waals surface area contributed by atoms with Crippen LogP contribution in [0.3, 0.4) is 0 Å². The van der Waals surface area contributed by atoms with Crippen molar-refractivity contribution in [1.29, 1.82) is 0 Å². The fraction of sp³-hybridized carbons (Fsp3) is 0.429. The van der Waals surface area contributed by atoms with E-state index in [-0.39, 0.29) is 5.75 Å². The summed E-state index contributed by atoms with van der Waals surface area (Å²) < 4.78 is 1.47. The van der Waals surface area contributed by atoms with Crippen LogP contribution in [0.15, 0.2) is 26.2 Å². The molecule has 0 bridgehead atoms. The molecule has 0 heterocycles. The highest BCUT2D eigenvalue weighted by molar-refractivity contribution is 9.11. The molecule has 7 heteroatoms. The summed E-state index contributed by atoms with van der Waals surface area (Å²) in [5, 5.41) is 17.8. The number of hydrogen-bond donors (Lipinski definition) is 3. The summed E-state index contributed by atoms with van der Waals surface area (Å²) in [7, 11) is 0. The molecular formula is C14H17Br2N3OS. The summed E-state index contributed by atoms with van der Waals surface area (Å²) >= 11 is 11.9. The lowest BCUT2D eigenvalue weighted by Crippen LogP contribution is -2.40. The first-order chi connectivity index (χ1) is 10.1. The van der Waals surface area contributed by atoms with Crippen LogP contribution in [0.5, 0.6) is 5.75 Å². The van der Waals surface area contributed by atoms with Crippen LogP contribution in [-0.2, 0) is 0 Å². The zero-order valence-corrected chi connectivity index (χ0v) is 15.4. The first-order valence-corrected chi connectivity index (χ1v) is 8.83. The van der Waals surface area contributed by atoms with Crippen molar-refractivity contribution < 1.29 is 5.11 Å². The van der Waals surface area contributed by atoms with Gasteiger partial charge < -0.3 is 10.4 Å². The van der Waals surface area contributed by atoms with Crippen molar-refractivity contribution >= 4 is 55.4 Å². The number of nitrogens with one attached hydrogen (secondary N) is 2. The van der Waals surface area contributed by atoms with Crippen molar-refractivity contribution in [2.45, 2.75) is 38.1 Å². The molecule has 0 atom stereocenters. The van der Waals surface area contributed by atoms with E-state index in [1.807, 2.05) is 0 Å². The second-order valence-electron chi connectivity index (χ2n) is 5.00. The molecule has 0 radical (unpaired) electrons. The van der Waals surface area contributed by atoms with Crippen LogP contribution in [-0.4, -0.2) is 22.5 Å². The molecule has 0 saturated heterocycles. The molecule has 1 aromatic rings. The molecule has 2 rings (SSSR count). The Balaban J connectivity index is 1.88. The van der Waals surface area contributed by atoms with Crippen molar-refractivity contribution in [2.75, 3.05) is 0 Å². The van der Waals surface area contributed by atoms with Gasteiger partial charge in [-0.2, -0.15) is 5.10 Å². The summed E-state index contributed by atoms with van der Waals surface area (Å²) in [6.45, 7) is 0. The highest BCUT2D eigenvalue weighted by Crippen LogP contribution is 2.30. The molecule has 0 aliphatic heterocycles. The first kappa shape index (κ1) is 16.7. The van der Waals surface area contributed by atoms with Crippen molar-refractivity contribution in [1.82, 2.24) is 10.7 Å². The predicted molar refractivity (Wildman–Crippen MR) is 96.8 cm³/mol. The number of phenolic OH excluding ortho intramolecular Hbond substituents is 1. The fourth-order valence-corrected chi connectivity index (χ4v) is 3.79. The lowest BCUT2D eigenvalue weighted by atomic mass is 9.96. The van der Waals surface area contributed by atoms with Gasteiger partial charge in [0.15, 0.2) is 5.11 Å². The molecule has 3 N–H and O–H groups in total. The minimum Gasteiger partial charge on any atom is -0.506 e. The smallest absolute Gasteiger partial charge is 0.187 e. The maximum atomic E-state index is 9.91. The van der Waals surface area contributed by atoms with Crippen LogP contribution in [0.25, 0.3) is 0 Å². The molecule has 4 nitrogen and oxygen atoms in total. The number of benzene rings is 1. The molecule has 0 spiro atoms. The number of halogens is 2. The molecule has 21 heavy (non-hydrogen) atoms. The zero-order chi connectivity index (χ0) is 15.2. The molecule has 0 amide bonds. The number of aromatic hydroxyl groups is 1. The molecule has 0 unspecified atom stereocenters. The highest BCUT2D eigenvalue weighted by Gasteiger charge is 2.13. The van der Waals surface area contributed by atoms with Crippen LogP contribution >= 0.6 is 44.1 Å². The summed E-state index contributed by atoms with van der Waals surface area (Å²) in [5.74, 6) is 0.148. The third kappa shape index (κ3) is 5.23. The van der Waals surface area contributed by atoms with E-state index in [9.17, 15) is 5.11 Å². The van der Waals surface area contributed by atoms with Gasteiger partial charge in [-0.3, -0.25) is 5.43 Å².